The van der Waals surface area contributed by atoms with Crippen molar-refractivity contribution in [3.8, 4) is 17.2 Å². The predicted octanol–water partition coefficient (Wildman–Crippen LogP) is 4.62. The molecule has 0 aliphatic heterocycles. The van der Waals surface area contributed by atoms with Crippen molar-refractivity contribution in [1.82, 2.24) is 0 Å². The van der Waals surface area contributed by atoms with Crippen molar-refractivity contribution in [3.05, 3.63) is 76.5 Å². The second-order valence-electron chi connectivity index (χ2n) is 6.92. The number of benzene rings is 3. The van der Waals surface area contributed by atoms with Gasteiger partial charge in [0.05, 0.1) is 32.1 Å². The molecule has 0 saturated carbocycles. The maximum absolute atomic E-state index is 12.8. The zero-order valence-corrected chi connectivity index (χ0v) is 17.8. The van der Waals surface area contributed by atoms with Gasteiger partial charge in [0.25, 0.3) is 0 Å². The third kappa shape index (κ3) is 4.00. The third-order valence-corrected chi connectivity index (χ3v) is 4.96. The summed E-state index contributed by atoms with van der Waals surface area (Å²) in [5.74, 6) is 1.09. The molecule has 4 aromatic rings. The Balaban J connectivity index is 1.59. The van der Waals surface area contributed by atoms with Crippen LogP contribution >= 0.6 is 0 Å². The van der Waals surface area contributed by atoms with Crippen molar-refractivity contribution in [3.63, 3.8) is 0 Å². The molecule has 162 valence electrons. The van der Waals surface area contributed by atoms with Crippen LogP contribution in [0.15, 0.2) is 69.9 Å². The summed E-state index contributed by atoms with van der Waals surface area (Å²) >= 11 is 0. The number of anilines is 1. The lowest BCUT2D eigenvalue weighted by molar-refractivity contribution is -0.111. The molecular formula is C25H21NO6. The van der Waals surface area contributed by atoms with Crippen molar-refractivity contribution in [2.24, 2.45) is 0 Å². The number of ether oxygens (including phenoxy) is 3. The Labute approximate surface area is 183 Å². The third-order valence-electron chi connectivity index (χ3n) is 4.96. The van der Waals surface area contributed by atoms with Gasteiger partial charge in [0, 0.05) is 11.8 Å². The molecule has 0 aliphatic rings. The maximum Gasteiger partial charge on any atom is 0.248 e. The molecule has 0 aliphatic carbocycles. The average Bonchev–Trinajstić information content (AvgIpc) is 2.82. The van der Waals surface area contributed by atoms with E-state index in [0.29, 0.717) is 50.4 Å². The van der Waals surface area contributed by atoms with Crippen LogP contribution in [0.25, 0.3) is 28.0 Å². The Kier molecular flexibility index (Phi) is 5.81. The molecule has 0 atom stereocenters. The number of carbonyl (C=O) groups excluding carboxylic acids is 1. The molecule has 0 radical (unpaired) electrons. The Morgan fingerprint density at radius 1 is 0.875 bits per heavy atom. The Morgan fingerprint density at radius 3 is 2.25 bits per heavy atom. The van der Waals surface area contributed by atoms with Gasteiger partial charge in [0.1, 0.15) is 11.2 Å². The molecule has 1 heterocycles. The van der Waals surface area contributed by atoms with Crippen molar-refractivity contribution >= 4 is 39.6 Å². The molecule has 0 fully saturated rings. The first-order valence-corrected chi connectivity index (χ1v) is 9.78. The van der Waals surface area contributed by atoms with E-state index in [2.05, 4.69) is 5.32 Å². The molecule has 0 spiro atoms. The number of fused-ring (bicyclic) bond motifs is 2. The van der Waals surface area contributed by atoms with Gasteiger partial charge in [0.2, 0.25) is 17.1 Å². The van der Waals surface area contributed by atoms with Crippen LogP contribution in [0, 0.1) is 0 Å². The largest absolute Gasteiger partial charge is 0.493 e. The van der Waals surface area contributed by atoms with Crippen molar-refractivity contribution in [1.29, 1.82) is 0 Å². The SMILES string of the molecule is COc1cc(/C=C/C(=O)Nc2ccc3oc4ccccc4c(=O)c3c2)cc(OC)c1OC. The number of nitrogens with one attached hydrogen (secondary N) is 1. The number of amides is 1. The summed E-state index contributed by atoms with van der Waals surface area (Å²) < 4.78 is 21.8. The lowest BCUT2D eigenvalue weighted by Crippen LogP contribution is -2.09. The zero-order chi connectivity index (χ0) is 22.7. The second kappa shape index (κ2) is 8.85. The summed E-state index contributed by atoms with van der Waals surface area (Å²) in [5.41, 5.74) is 2.01. The molecule has 7 heteroatoms. The van der Waals surface area contributed by atoms with Crippen LogP contribution < -0.4 is 25.0 Å². The molecule has 1 N–H and O–H groups in total. The molecule has 3 aromatic carbocycles. The van der Waals surface area contributed by atoms with Crippen LogP contribution in [-0.2, 0) is 4.79 Å². The van der Waals surface area contributed by atoms with Crippen LogP contribution in [0.5, 0.6) is 17.2 Å². The second-order valence-corrected chi connectivity index (χ2v) is 6.92. The summed E-state index contributed by atoms with van der Waals surface area (Å²) in [4.78, 5) is 25.3. The molecular weight excluding hydrogens is 410 g/mol. The highest BCUT2D eigenvalue weighted by Gasteiger charge is 2.12. The van der Waals surface area contributed by atoms with Gasteiger partial charge in [-0.3, -0.25) is 9.59 Å². The van der Waals surface area contributed by atoms with Crippen LogP contribution in [0.1, 0.15) is 5.56 Å². The van der Waals surface area contributed by atoms with Gasteiger partial charge in [-0.25, -0.2) is 0 Å². The molecule has 0 bridgehead atoms. The Morgan fingerprint density at radius 2 is 1.56 bits per heavy atom. The number of carbonyl (C=O) groups is 1. The van der Waals surface area contributed by atoms with E-state index in [9.17, 15) is 9.59 Å². The van der Waals surface area contributed by atoms with Gasteiger partial charge in [-0.2, -0.15) is 0 Å². The minimum absolute atomic E-state index is 0.147. The summed E-state index contributed by atoms with van der Waals surface area (Å²) in [6, 6.07) is 15.5. The Bertz CT molecular complexity index is 1380. The predicted molar refractivity (Wildman–Crippen MR) is 124 cm³/mol. The highest BCUT2D eigenvalue weighted by Crippen LogP contribution is 2.38. The number of rotatable bonds is 6. The van der Waals surface area contributed by atoms with Gasteiger partial charge >= 0.3 is 0 Å². The standard InChI is InChI=1S/C25H21NO6/c1-29-21-12-15(13-22(30-2)25(21)31-3)8-11-23(27)26-16-9-10-20-18(14-16)24(28)17-6-4-5-7-19(17)32-20/h4-14H,1-3H3,(H,26,27)/b11-8+. The van der Waals surface area contributed by atoms with Crippen molar-refractivity contribution in [2.45, 2.75) is 0 Å². The normalized spacial score (nSPS) is 11.1. The number of para-hydroxylation sites is 1. The maximum atomic E-state index is 12.8. The van der Waals surface area contributed by atoms with E-state index in [4.69, 9.17) is 18.6 Å². The fourth-order valence-corrected chi connectivity index (χ4v) is 3.43. The minimum atomic E-state index is -0.358. The van der Waals surface area contributed by atoms with E-state index in [0.717, 1.165) is 0 Å². The highest BCUT2D eigenvalue weighted by atomic mass is 16.5. The van der Waals surface area contributed by atoms with Crippen LogP contribution in [0.4, 0.5) is 5.69 Å². The zero-order valence-electron chi connectivity index (χ0n) is 17.8. The molecule has 4 rings (SSSR count). The highest BCUT2D eigenvalue weighted by molar-refractivity contribution is 6.03. The number of hydrogen-bond donors (Lipinski definition) is 1. The molecule has 0 saturated heterocycles. The number of methoxy groups -OCH3 is 3. The summed E-state index contributed by atoms with van der Waals surface area (Å²) in [5, 5.41) is 3.66. The van der Waals surface area contributed by atoms with E-state index >= 15 is 0 Å². The average molecular weight is 431 g/mol. The molecule has 7 nitrogen and oxygen atoms in total. The van der Waals surface area contributed by atoms with Gasteiger partial charge in [-0.15, -0.1) is 0 Å². The lowest BCUT2D eigenvalue weighted by atomic mass is 10.1. The minimum Gasteiger partial charge on any atom is -0.493 e. The fraction of sp³-hybridized carbons (Fsp3) is 0.120. The molecule has 0 unspecified atom stereocenters. The van der Waals surface area contributed by atoms with Crippen molar-refractivity contribution in [2.75, 3.05) is 26.6 Å². The first kappa shape index (κ1) is 21.0. The smallest absolute Gasteiger partial charge is 0.248 e. The van der Waals surface area contributed by atoms with Gasteiger partial charge < -0.3 is 23.9 Å². The molecule has 32 heavy (non-hydrogen) atoms. The summed E-state index contributed by atoms with van der Waals surface area (Å²) in [6.45, 7) is 0. The van der Waals surface area contributed by atoms with Gasteiger partial charge in [-0.1, -0.05) is 12.1 Å². The van der Waals surface area contributed by atoms with E-state index in [1.165, 1.54) is 27.4 Å². The van der Waals surface area contributed by atoms with Crippen LogP contribution in [0.2, 0.25) is 0 Å². The fourth-order valence-electron chi connectivity index (χ4n) is 3.43. The lowest BCUT2D eigenvalue weighted by Gasteiger charge is -2.12. The quantitative estimate of drug-likeness (QED) is 0.354. The van der Waals surface area contributed by atoms with Gasteiger partial charge in [0.15, 0.2) is 11.5 Å². The summed E-state index contributed by atoms with van der Waals surface area (Å²) in [6.07, 6.45) is 3.01. The van der Waals surface area contributed by atoms with E-state index in [1.807, 2.05) is 6.07 Å². The van der Waals surface area contributed by atoms with E-state index < -0.39 is 0 Å². The summed E-state index contributed by atoms with van der Waals surface area (Å²) in [7, 11) is 4.57. The first-order chi connectivity index (χ1) is 15.5. The number of hydrogen-bond acceptors (Lipinski definition) is 6. The van der Waals surface area contributed by atoms with Crippen molar-refractivity contribution < 1.29 is 23.4 Å². The van der Waals surface area contributed by atoms with E-state index in [-0.39, 0.29) is 11.3 Å². The van der Waals surface area contributed by atoms with E-state index in [1.54, 1.807) is 54.6 Å². The topological polar surface area (TPSA) is 87.0 Å². The Hall–Kier alpha value is -4.26. The monoisotopic (exact) mass is 431 g/mol. The first-order valence-electron chi connectivity index (χ1n) is 9.78. The van der Waals surface area contributed by atoms with Crippen LogP contribution in [0.3, 0.4) is 0 Å². The molecule has 1 aromatic heterocycles. The van der Waals surface area contributed by atoms with Gasteiger partial charge in [-0.05, 0) is 54.1 Å². The van der Waals surface area contributed by atoms with Crippen LogP contribution in [-0.4, -0.2) is 27.2 Å². The molecule has 1 amide bonds.